The van der Waals surface area contributed by atoms with Crippen molar-refractivity contribution in [2.45, 2.75) is 13.5 Å². The first-order valence-corrected chi connectivity index (χ1v) is 9.07. The standard InChI is InChI=1S/C21H25N3O/c1-16-7-5-6-8-17(16)11-23-12-18-14-24(15-19(18)13-23)21(25)22-20-9-3-2-4-10-20/h2-10,18-19H,11-15H2,1H3,(H,22,25). The molecule has 2 atom stereocenters. The van der Waals surface area contributed by atoms with E-state index in [1.165, 1.54) is 11.1 Å². The highest BCUT2D eigenvalue weighted by atomic mass is 16.2. The van der Waals surface area contributed by atoms with Crippen molar-refractivity contribution in [3.8, 4) is 0 Å². The molecule has 0 bridgehead atoms. The van der Waals surface area contributed by atoms with Crippen LogP contribution >= 0.6 is 0 Å². The molecule has 2 aromatic rings. The van der Waals surface area contributed by atoms with E-state index in [4.69, 9.17) is 0 Å². The number of nitrogens with one attached hydrogen (secondary N) is 1. The predicted molar refractivity (Wildman–Crippen MR) is 100 cm³/mol. The molecule has 0 saturated carbocycles. The van der Waals surface area contributed by atoms with Gasteiger partial charge in [0.15, 0.2) is 0 Å². The zero-order valence-corrected chi connectivity index (χ0v) is 14.7. The van der Waals surface area contributed by atoms with Gasteiger partial charge in [0.05, 0.1) is 0 Å². The Bertz CT molecular complexity index is 732. The summed E-state index contributed by atoms with van der Waals surface area (Å²) in [4.78, 5) is 17.0. The molecule has 0 aliphatic carbocycles. The molecule has 1 N–H and O–H groups in total. The number of hydrogen-bond donors (Lipinski definition) is 1. The monoisotopic (exact) mass is 335 g/mol. The van der Waals surface area contributed by atoms with Crippen molar-refractivity contribution in [3.05, 3.63) is 65.7 Å². The molecule has 2 saturated heterocycles. The van der Waals surface area contributed by atoms with Crippen LogP contribution in [0.25, 0.3) is 0 Å². The van der Waals surface area contributed by atoms with Crippen LogP contribution in [-0.4, -0.2) is 42.0 Å². The number of carbonyl (C=O) groups is 1. The fourth-order valence-corrected chi connectivity index (χ4v) is 4.14. The Labute approximate surface area is 149 Å². The first-order chi connectivity index (χ1) is 12.2. The van der Waals surface area contributed by atoms with E-state index in [-0.39, 0.29) is 6.03 Å². The lowest BCUT2D eigenvalue weighted by Gasteiger charge is -2.22. The van der Waals surface area contributed by atoms with Gasteiger partial charge in [0.2, 0.25) is 0 Å². The van der Waals surface area contributed by atoms with Crippen molar-refractivity contribution < 1.29 is 4.79 Å². The van der Waals surface area contributed by atoms with Crippen molar-refractivity contribution >= 4 is 11.7 Å². The third-order valence-electron chi connectivity index (χ3n) is 5.53. The number of likely N-dealkylation sites (tertiary alicyclic amines) is 2. The van der Waals surface area contributed by atoms with Gasteiger partial charge >= 0.3 is 6.03 Å². The lowest BCUT2D eigenvalue weighted by molar-refractivity contribution is 0.212. The SMILES string of the molecule is Cc1ccccc1CN1CC2CN(C(=O)Nc3ccccc3)CC2C1. The topological polar surface area (TPSA) is 35.6 Å². The van der Waals surface area contributed by atoms with Crippen LogP contribution in [0.15, 0.2) is 54.6 Å². The van der Waals surface area contributed by atoms with Crippen LogP contribution in [0.3, 0.4) is 0 Å². The minimum Gasteiger partial charge on any atom is -0.324 e. The molecular formula is C21H25N3O. The van der Waals surface area contributed by atoms with Gasteiger partial charge in [0.1, 0.15) is 0 Å². The lowest BCUT2D eigenvalue weighted by atomic mass is 10.0. The van der Waals surface area contributed by atoms with Crippen LogP contribution in [-0.2, 0) is 6.54 Å². The van der Waals surface area contributed by atoms with E-state index >= 15 is 0 Å². The first-order valence-electron chi connectivity index (χ1n) is 9.07. The molecule has 130 valence electrons. The summed E-state index contributed by atoms with van der Waals surface area (Å²) >= 11 is 0. The molecule has 4 nitrogen and oxygen atoms in total. The number of fused-ring (bicyclic) bond motifs is 1. The van der Waals surface area contributed by atoms with Crippen LogP contribution in [0.1, 0.15) is 11.1 Å². The maximum Gasteiger partial charge on any atom is 0.321 e. The number of nitrogens with zero attached hydrogens (tertiary/aromatic N) is 2. The van der Waals surface area contributed by atoms with E-state index < -0.39 is 0 Å². The molecule has 2 aliphatic rings. The van der Waals surface area contributed by atoms with Gasteiger partial charge in [-0.1, -0.05) is 42.5 Å². The Hall–Kier alpha value is -2.33. The number of urea groups is 1. The molecule has 2 aromatic carbocycles. The highest BCUT2D eigenvalue weighted by Crippen LogP contribution is 2.32. The Balaban J connectivity index is 1.32. The van der Waals surface area contributed by atoms with E-state index in [0.717, 1.165) is 38.4 Å². The number of para-hydroxylation sites is 1. The molecule has 0 radical (unpaired) electrons. The summed E-state index contributed by atoms with van der Waals surface area (Å²) in [5.41, 5.74) is 3.65. The summed E-state index contributed by atoms with van der Waals surface area (Å²) in [7, 11) is 0. The van der Waals surface area contributed by atoms with Gasteiger partial charge in [-0.05, 0) is 42.0 Å². The first kappa shape index (κ1) is 16.2. The molecule has 2 heterocycles. The largest absolute Gasteiger partial charge is 0.324 e. The average Bonchev–Trinajstić information content (AvgIpc) is 3.16. The molecule has 2 unspecified atom stereocenters. The average molecular weight is 335 g/mol. The summed E-state index contributed by atoms with van der Waals surface area (Å²) in [6, 6.07) is 18.4. The maximum atomic E-state index is 12.5. The maximum absolute atomic E-state index is 12.5. The second-order valence-corrected chi connectivity index (χ2v) is 7.34. The van der Waals surface area contributed by atoms with Crippen molar-refractivity contribution in [3.63, 3.8) is 0 Å². The summed E-state index contributed by atoms with van der Waals surface area (Å²) in [5.74, 6) is 1.20. The van der Waals surface area contributed by atoms with E-state index in [0.29, 0.717) is 11.8 Å². The Morgan fingerprint density at radius 2 is 1.60 bits per heavy atom. The van der Waals surface area contributed by atoms with Crippen LogP contribution < -0.4 is 5.32 Å². The summed E-state index contributed by atoms with van der Waals surface area (Å²) in [6.07, 6.45) is 0. The van der Waals surface area contributed by atoms with Crippen molar-refractivity contribution in [1.29, 1.82) is 0 Å². The molecular weight excluding hydrogens is 310 g/mol. The minimum absolute atomic E-state index is 0.0334. The van der Waals surface area contributed by atoms with E-state index in [1.54, 1.807) is 0 Å². The molecule has 25 heavy (non-hydrogen) atoms. The molecule has 0 spiro atoms. The zero-order valence-electron chi connectivity index (χ0n) is 14.7. The van der Waals surface area contributed by atoms with Crippen LogP contribution in [0.4, 0.5) is 10.5 Å². The molecule has 2 amide bonds. The number of carbonyl (C=O) groups excluding carboxylic acids is 1. The van der Waals surface area contributed by atoms with Gasteiger partial charge < -0.3 is 10.2 Å². The van der Waals surface area contributed by atoms with Crippen LogP contribution in [0, 0.1) is 18.8 Å². The molecule has 4 rings (SSSR count). The summed E-state index contributed by atoms with van der Waals surface area (Å²) in [6.45, 7) is 7.13. The molecule has 2 fully saturated rings. The van der Waals surface area contributed by atoms with Crippen molar-refractivity contribution in [1.82, 2.24) is 9.80 Å². The third-order valence-corrected chi connectivity index (χ3v) is 5.53. The number of rotatable bonds is 3. The van der Waals surface area contributed by atoms with Gasteiger partial charge in [0, 0.05) is 38.4 Å². The zero-order chi connectivity index (χ0) is 17.2. The fourth-order valence-electron chi connectivity index (χ4n) is 4.14. The van der Waals surface area contributed by atoms with E-state index in [1.807, 2.05) is 35.2 Å². The predicted octanol–water partition coefficient (Wildman–Crippen LogP) is 3.59. The number of anilines is 1. The number of hydrogen-bond acceptors (Lipinski definition) is 2. The fraction of sp³-hybridized carbons (Fsp3) is 0.381. The number of benzene rings is 2. The normalized spacial score (nSPS) is 22.8. The van der Waals surface area contributed by atoms with Crippen molar-refractivity contribution in [2.24, 2.45) is 11.8 Å². The Morgan fingerprint density at radius 3 is 2.28 bits per heavy atom. The minimum atomic E-state index is 0.0334. The highest BCUT2D eigenvalue weighted by molar-refractivity contribution is 5.89. The number of amides is 2. The van der Waals surface area contributed by atoms with Gasteiger partial charge in [-0.15, -0.1) is 0 Å². The number of aryl methyl sites for hydroxylation is 1. The molecule has 2 aliphatic heterocycles. The lowest BCUT2D eigenvalue weighted by Crippen LogP contribution is -2.36. The quantitative estimate of drug-likeness (QED) is 0.930. The molecule has 0 aromatic heterocycles. The third kappa shape index (κ3) is 3.54. The van der Waals surface area contributed by atoms with E-state index in [2.05, 4.69) is 41.4 Å². The smallest absolute Gasteiger partial charge is 0.321 e. The van der Waals surface area contributed by atoms with Crippen molar-refractivity contribution in [2.75, 3.05) is 31.5 Å². The van der Waals surface area contributed by atoms with Crippen LogP contribution in [0.5, 0.6) is 0 Å². The van der Waals surface area contributed by atoms with Gasteiger partial charge in [-0.3, -0.25) is 4.90 Å². The summed E-state index contributed by atoms with van der Waals surface area (Å²) in [5, 5.41) is 3.01. The highest BCUT2D eigenvalue weighted by Gasteiger charge is 2.41. The van der Waals surface area contributed by atoms with Gasteiger partial charge in [-0.25, -0.2) is 4.79 Å². The van der Waals surface area contributed by atoms with Gasteiger partial charge in [-0.2, -0.15) is 0 Å². The van der Waals surface area contributed by atoms with E-state index in [9.17, 15) is 4.79 Å². The van der Waals surface area contributed by atoms with Gasteiger partial charge in [0.25, 0.3) is 0 Å². The Morgan fingerprint density at radius 1 is 0.960 bits per heavy atom. The second-order valence-electron chi connectivity index (χ2n) is 7.34. The Kier molecular flexibility index (Phi) is 4.45. The molecule has 4 heteroatoms. The summed E-state index contributed by atoms with van der Waals surface area (Å²) < 4.78 is 0. The second kappa shape index (κ2) is 6.89. The van der Waals surface area contributed by atoms with Crippen LogP contribution in [0.2, 0.25) is 0 Å².